The Bertz CT molecular complexity index is 429. The van der Waals surface area contributed by atoms with Gasteiger partial charge in [-0.25, -0.2) is 0 Å². The SMILES string of the molecule is COc1ccc(B(O)O)c(CN2CC(C)C(C)C2)c1. The van der Waals surface area contributed by atoms with Crippen molar-refractivity contribution in [2.75, 3.05) is 20.2 Å². The van der Waals surface area contributed by atoms with Crippen molar-refractivity contribution >= 4 is 12.6 Å². The van der Waals surface area contributed by atoms with Gasteiger partial charge in [0.25, 0.3) is 0 Å². The third kappa shape index (κ3) is 3.29. The summed E-state index contributed by atoms with van der Waals surface area (Å²) in [6.45, 7) is 7.37. The summed E-state index contributed by atoms with van der Waals surface area (Å²) in [7, 11) is 0.187. The molecule has 0 bridgehead atoms. The van der Waals surface area contributed by atoms with Gasteiger partial charge < -0.3 is 14.8 Å². The molecule has 2 N–H and O–H groups in total. The van der Waals surface area contributed by atoms with Crippen molar-refractivity contribution in [1.82, 2.24) is 4.90 Å². The summed E-state index contributed by atoms with van der Waals surface area (Å²) in [5, 5.41) is 18.9. The number of benzene rings is 1. The molecule has 1 aromatic carbocycles. The molecule has 1 heterocycles. The molecule has 1 fully saturated rings. The number of rotatable bonds is 4. The first-order chi connectivity index (χ1) is 9.01. The number of ether oxygens (including phenoxy) is 1. The first-order valence-corrected chi connectivity index (χ1v) is 6.76. The van der Waals surface area contributed by atoms with Gasteiger partial charge in [-0.05, 0) is 35.0 Å². The standard InChI is InChI=1S/C14H22BNO3/c1-10-7-16(8-11(10)2)9-12-6-13(19-3)4-5-14(12)15(17)18/h4-6,10-11,17-18H,7-9H2,1-3H3. The van der Waals surface area contributed by atoms with Crippen LogP contribution in [0.2, 0.25) is 0 Å². The number of methoxy groups -OCH3 is 1. The fraction of sp³-hybridized carbons (Fsp3) is 0.571. The first-order valence-electron chi connectivity index (χ1n) is 6.76. The molecule has 0 aromatic heterocycles. The van der Waals surface area contributed by atoms with Gasteiger partial charge in [0, 0.05) is 19.6 Å². The molecule has 0 saturated carbocycles. The molecule has 4 nitrogen and oxygen atoms in total. The predicted octanol–water partition coefficient (Wildman–Crippen LogP) is 0.463. The molecule has 0 radical (unpaired) electrons. The van der Waals surface area contributed by atoms with Gasteiger partial charge in [-0.15, -0.1) is 0 Å². The largest absolute Gasteiger partial charge is 0.497 e. The van der Waals surface area contributed by atoms with Gasteiger partial charge in [-0.1, -0.05) is 19.9 Å². The summed E-state index contributed by atoms with van der Waals surface area (Å²) in [5.74, 6) is 2.13. The van der Waals surface area contributed by atoms with Crippen molar-refractivity contribution in [2.45, 2.75) is 20.4 Å². The Hall–Kier alpha value is -1.04. The number of nitrogens with zero attached hydrogens (tertiary/aromatic N) is 1. The minimum atomic E-state index is -1.43. The Morgan fingerprint density at radius 1 is 1.26 bits per heavy atom. The lowest BCUT2D eigenvalue weighted by Crippen LogP contribution is -2.35. The molecule has 1 aliphatic rings. The molecule has 104 valence electrons. The number of likely N-dealkylation sites (tertiary alicyclic amines) is 1. The van der Waals surface area contributed by atoms with Crippen LogP contribution in [0.3, 0.4) is 0 Å². The number of hydrogen-bond acceptors (Lipinski definition) is 4. The van der Waals surface area contributed by atoms with Crippen LogP contribution in [0, 0.1) is 11.8 Å². The lowest BCUT2D eigenvalue weighted by Gasteiger charge is -2.18. The summed E-state index contributed by atoms with van der Waals surface area (Å²) in [6.07, 6.45) is 0. The van der Waals surface area contributed by atoms with E-state index in [0.717, 1.165) is 30.9 Å². The normalized spacial score (nSPS) is 23.6. The molecule has 1 aliphatic heterocycles. The first kappa shape index (κ1) is 14.4. The molecule has 2 atom stereocenters. The molecule has 5 heteroatoms. The van der Waals surface area contributed by atoms with Crippen molar-refractivity contribution in [1.29, 1.82) is 0 Å². The van der Waals surface area contributed by atoms with E-state index in [2.05, 4.69) is 18.7 Å². The van der Waals surface area contributed by atoms with Gasteiger partial charge in [0.1, 0.15) is 5.75 Å². The van der Waals surface area contributed by atoms with Crippen LogP contribution in [-0.4, -0.2) is 42.3 Å². The van der Waals surface area contributed by atoms with Crippen molar-refractivity contribution in [3.63, 3.8) is 0 Å². The third-order valence-corrected chi connectivity index (χ3v) is 4.09. The fourth-order valence-corrected chi connectivity index (χ4v) is 2.72. The van der Waals surface area contributed by atoms with Gasteiger partial charge in [0.05, 0.1) is 7.11 Å². The summed E-state index contributed by atoms with van der Waals surface area (Å²) in [4.78, 5) is 2.36. The molecule has 0 spiro atoms. The van der Waals surface area contributed by atoms with E-state index in [9.17, 15) is 10.0 Å². The molecule has 2 unspecified atom stereocenters. The lowest BCUT2D eigenvalue weighted by atomic mass is 9.77. The Labute approximate surface area is 115 Å². The van der Waals surface area contributed by atoms with Crippen molar-refractivity contribution in [3.05, 3.63) is 23.8 Å². The van der Waals surface area contributed by atoms with Crippen LogP contribution in [0.4, 0.5) is 0 Å². The maximum Gasteiger partial charge on any atom is 0.488 e. The Kier molecular flexibility index (Phi) is 4.50. The highest BCUT2D eigenvalue weighted by molar-refractivity contribution is 6.59. The topological polar surface area (TPSA) is 52.9 Å². The summed E-state index contributed by atoms with van der Waals surface area (Å²) < 4.78 is 5.21. The van der Waals surface area contributed by atoms with Crippen LogP contribution < -0.4 is 10.2 Å². The summed E-state index contributed by atoms with van der Waals surface area (Å²) >= 11 is 0. The van der Waals surface area contributed by atoms with E-state index in [1.165, 1.54) is 0 Å². The molecule has 0 aliphatic carbocycles. The zero-order valence-electron chi connectivity index (χ0n) is 11.8. The van der Waals surface area contributed by atoms with E-state index < -0.39 is 7.12 Å². The van der Waals surface area contributed by atoms with Crippen LogP contribution in [0.15, 0.2) is 18.2 Å². The van der Waals surface area contributed by atoms with Gasteiger partial charge in [0.2, 0.25) is 0 Å². The lowest BCUT2D eigenvalue weighted by molar-refractivity contribution is 0.315. The van der Waals surface area contributed by atoms with Gasteiger partial charge in [-0.2, -0.15) is 0 Å². The zero-order chi connectivity index (χ0) is 14.0. The highest BCUT2D eigenvalue weighted by atomic mass is 16.5. The van der Waals surface area contributed by atoms with E-state index in [1.54, 1.807) is 19.2 Å². The minimum Gasteiger partial charge on any atom is -0.497 e. The van der Waals surface area contributed by atoms with Gasteiger partial charge in [-0.3, -0.25) is 4.90 Å². The van der Waals surface area contributed by atoms with E-state index in [4.69, 9.17) is 4.74 Å². The van der Waals surface area contributed by atoms with Crippen molar-refractivity contribution < 1.29 is 14.8 Å². The molecule has 1 saturated heterocycles. The van der Waals surface area contributed by atoms with Crippen LogP contribution >= 0.6 is 0 Å². The van der Waals surface area contributed by atoms with Gasteiger partial charge in [0.15, 0.2) is 0 Å². The number of hydrogen-bond donors (Lipinski definition) is 2. The Balaban J connectivity index is 2.18. The quantitative estimate of drug-likeness (QED) is 0.775. The third-order valence-electron chi connectivity index (χ3n) is 4.09. The van der Waals surface area contributed by atoms with E-state index in [-0.39, 0.29) is 0 Å². The smallest absolute Gasteiger partial charge is 0.488 e. The predicted molar refractivity (Wildman–Crippen MR) is 76.4 cm³/mol. The Morgan fingerprint density at radius 3 is 2.42 bits per heavy atom. The zero-order valence-corrected chi connectivity index (χ0v) is 11.8. The van der Waals surface area contributed by atoms with Crippen LogP contribution in [0.1, 0.15) is 19.4 Å². The molecule has 19 heavy (non-hydrogen) atoms. The van der Waals surface area contributed by atoms with Crippen LogP contribution in [0.5, 0.6) is 5.75 Å². The fourth-order valence-electron chi connectivity index (χ4n) is 2.72. The van der Waals surface area contributed by atoms with E-state index >= 15 is 0 Å². The monoisotopic (exact) mass is 263 g/mol. The van der Waals surface area contributed by atoms with E-state index in [1.807, 2.05) is 6.07 Å². The molecular formula is C14H22BNO3. The highest BCUT2D eigenvalue weighted by Crippen LogP contribution is 2.24. The molecule has 1 aromatic rings. The van der Waals surface area contributed by atoms with Crippen molar-refractivity contribution in [3.8, 4) is 5.75 Å². The molecule has 0 amide bonds. The molecule has 2 rings (SSSR count). The molecular weight excluding hydrogens is 241 g/mol. The van der Waals surface area contributed by atoms with Crippen molar-refractivity contribution in [2.24, 2.45) is 11.8 Å². The highest BCUT2D eigenvalue weighted by Gasteiger charge is 2.27. The maximum absolute atomic E-state index is 9.44. The maximum atomic E-state index is 9.44. The second kappa shape index (κ2) is 5.95. The van der Waals surface area contributed by atoms with Gasteiger partial charge >= 0.3 is 7.12 Å². The minimum absolute atomic E-state index is 0.563. The summed E-state index contributed by atoms with van der Waals surface area (Å²) in [6, 6.07) is 5.37. The van der Waals surface area contributed by atoms with Crippen LogP contribution in [-0.2, 0) is 6.54 Å². The van der Waals surface area contributed by atoms with E-state index in [0.29, 0.717) is 17.3 Å². The average molecular weight is 263 g/mol. The second-order valence-corrected chi connectivity index (χ2v) is 5.59. The van der Waals surface area contributed by atoms with Crippen LogP contribution in [0.25, 0.3) is 0 Å². The summed E-state index contributed by atoms with van der Waals surface area (Å²) in [5.41, 5.74) is 1.49. The second-order valence-electron chi connectivity index (χ2n) is 5.59. The average Bonchev–Trinajstić information content (AvgIpc) is 2.67. The Morgan fingerprint density at radius 2 is 1.89 bits per heavy atom.